The van der Waals surface area contributed by atoms with E-state index in [0.29, 0.717) is 5.70 Å². The number of nitrogens with zero attached hydrogens (tertiary/aromatic N) is 5. The van der Waals surface area contributed by atoms with Crippen LogP contribution in [0, 0.1) is 18.3 Å². The van der Waals surface area contributed by atoms with E-state index < -0.39 is 0 Å². The molecule has 23 heavy (non-hydrogen) atoms. The Balaban J connectivity index is 2.87. The molecule has 0 aliphatic rings. The Hall–Kier alpha value is -2.81. The van der Waals surface area contributed by atoms with Crippen molar-refractivity contribution in [2.75, 3.05) is 14.1 Å². The maximum Gasteiger partial charge on any atom is 0.133 e. The highest BCUT2D eigenvalue weighted by atomic mass is 15.5. The number of hydrogen-bond acceptors (Lipinski definition) is 6. The third-order valence-electron chi connectivity index (χ3n) is 3.41. The molecule has 1 N–H and O–H groups in total. The Kier molecular flexibility index (Phi) is 6.81. The first-order valence-corrected chi connectivity index (χ1v) is 7.32. The Morgan fingerprint density at radius 1 is 1.48 bits per heavy atom. The van der Waals surface area contributed by atoms with Crippen LogP contribution >= 0.6 is 0 Å². The van der Waals surface area contributed by atoms with E-state index in [-0.39, 0.29) is 6.17 Å². The van der Waals surface area contributed by atoms with Crippen LogP contribution in [-0.4, -0.2) is 40.9 Å². The van der Waals surface area contributed by atoms with Gasteiger partial charge in [-0.15, -0.1) is 0 Å². The van der Waals surface area contributed by atoms with E-state index >= 15 is 0 Å². The van der Waals surface area contributed by atoms with Gasteiger partial charge in [-0.05, 0) is 39.1 Å². The van der Waals surface area contributed by atoms with Gasteiger partial charge >= 0.3 is 0 Å². The van der Waals surface area contributed by atoms with Gasteiger partial charge in [0.1, 0.15) is 17.9 Å². The van der Waals surface area contributed by atoms with Crippen molar-refractivity contribution in [2.45, 2.75) is 26.9 Å². The first-order valence-electron chi connectivity index (χ1n) is 7.32. The quantitative estimate of drug-likeness (QED) is 0.362. The second-order valence-electron chi connectivity index (χ2n) is 5.22. The fourth-order valence-electron chi connectivity index (χ4n) is 1.90. The zero-order valence-electron chi connectivity index (χ0n) is 14.4. The minimum Gasteiger partial charge on any atom is -0.357 e. The van der Waals surface area contributed by atoms with Crippen LogP contribution < -0.4 is 5.32 Å². The summed E-state index contributed by atoms with van der Waals surface area (Å²) < 4.78 is 0. The standard InChI is InChI=1S/C17H24N6/c1-7-19-16(11-18)12-22(5)15(4)23(6)21-14(3)17-10-8-9-13(2)20-17/h7-10,12,15,19H,1H2,2-6H3/b16-12-,21-14+. The third-order valence-corrected chi connectivity index (χ3v) is 3.41. The van der Waals surface area contributed by atoms with Crippen LogP contribution in [0.5, 0.6) is 0 Å². The maximum atomic E-state index is 9.04. The SMILES string of the molecule is C=CN/C(C#N)=C\N(C)C(C)N(C)/N=C(\C)c1cccc(C)n1. The van der Waals surface area contributed by atoms with Gasteiger partial charge in [0, 0.05) is 26.0 Å². The van der Waals surface area contributed by atoms with Gasteiger partial charge in [-0.3, -0.25) is 9.99 Å². The summed E-state index contributed by atoms with van der Waals surface area (Å²) in [6.07, 6.45) is 3.16. The van der Waals surface area contributed by atoms with Crippen LogP contribution in [0.15, 0.2) is 48.0 Å². The Bertz CT molecular complexity index is 641. The lowest BCUT2D eigenvalue weighted by Gasteiger charge is -2.30. The van der Waals surface area contributed by atoms with E-state index in [1.165, 1.54) is 6.20 Å². The maximum absolute atomic E-state index is 9.04. The highest BCUT2D eigenvalue weighted by Gasteiger charge is 2.12. The highest BCUT2D eigenvalue weighted by Crippen LogP contribution is 2.07. The van der Waals surface area contributed by atoms with Crippen LogP contribution in [0.3, 0.4) is 0 Å². The Labute approximate surface area is 138 Å². The predicted octanol–water partition coefficient (Wildman–Crippen LogP) is 2.42. The first kappa shape index (κ1) is 18.2. The van der Waals surface area contributed by atoms with E-state index in [0.717, 1.165) is 17.1 Å². The summed E-state index contributed by atoms with van der Waals surface area (Å²) in [6, 6.07) is 7.94. The first-order chi connectivity index (χ1) is 10.9. The van der Waals surface area contributed by atoms with Crippen molar-refractivity contribution in [3.05, 3.63) is 54.3 Å². The second kappa shape index (κ2) is 8.59. The number of nitriles is 1. The van der Waals surface area contributed by atoms with Gasteiger partial charge in [0.2, 0.25) is 0 Å². The Morgan fingerprint density at radius 2 is 2.17 bits per heavy atom. The van der Waals surface area contributed by atoms with Crippen molar-refractivity contribution < 1.29 is 0 Å². The van der Waals surface area contributed by atoms with E-state index in [1.807, 2.05) is 63.0 Å². The second-order valence-corrected chi connectivity index (χ2v) is 5.22. The van der Waals surface area contributed by atoms with Crippen LogP contribution in [0.25, 0.3) is 0 Å². The van der Waals surface area contributed by atoms with Gasteiger partial charge < -0.3 is 10.2 Å². The number of pyridine rings is 1. The van der Waals surface area contributed by atoms with Gasteiger partial charge in [-0.1, -0.05) is 12.6 Å². The minimum atomic E-state index is -0.0373. The lowest BCUT2D eigenvalue weighted by molar-refractivity contribution is 0.141. The van der Waals surface area contributed by atoms with E-state index in [1.54, 1.807) is 6.20 Å². The lowest BCUT2D eigenvalue weighted by Crippen LogP contribution is -2.37. The molecule has 1 aromatic rings. The average Bonchev–Trinajstić information content (AvgIpc) is 2.53. The summed E-state index contributed by atoms with van der Waals surface area (Å²) in [5, 5.41) is 18.2. The number of rotatable bonds is 7. The van der Waals surface area contributed by atoms with Crippen molar-refractivity contribution >= 4 is 5.71 Å². The fourth-order valence-corrected chi connectivity index (χ4v) is 1.90. The molecular formula is C17H24N6. The van der Waals surface area contributed by atoms with Gasteiger partial charge in [0.05, 0.1) is 11.4 Å². The summed E-state index contributed by atoms with van der Waals surface area (Å²) in [5.41, 5.74) is 3.07. The van der Waals surface area contributed by atoms with Crippen molar-refractivity contribution in [1.29, 1.82) is 5.26 Å². The molecule has 0 aliphatic heterocycles. The van der Waals surface area contributed by atoms with Crippen LogP contribution in [0.1, 0.15) is 25.2 Å². The molecule has 0 bridgehead atoms. The molecule has 122 valence electrons. The van der Waals surface area contributed by atoms with Crippen molar-refractivity contribution in [2.24, 2.45) is 5.10 Å². The summed E-state index contributed by atoms with van der Waals surface area (Å²) in [7, 11) is 3.78. The molecular weight excluding hydrogens is 288 g/mol. The number of hydrogen-bond donors (Lipinski definition) is 1. The molecule has 0 radical (unpaired) electrons. The molecule has 0 aliphatic carbocycles. The fraction of sp³-hybridized carbons (Fsp3) is 0.353. The third kappa shape index (κ3) is 5.47. The smallest absolute Gasteiger partial charge is 0.133 e. The summed E-state index contributed by atoms with van der Waals surface area (Å²) in [6.45, 7) is 9.44. The largest absolute Gasteiger partial charge is 0.357 e. The molecule has 0 saturated heterocycles. The Morgan fingerprint density at radius 3 is 2.74 bits per heavy atom. The van der Waals surface area contributed by atoms with Crippen molar-refractivity contribution in [3.8, 4) is 6.07 Å². The molecule has 1 rings (SSSR count). The summed E-state index contributed by atoms with van der Waals surface area (Å²) >= 11 is 0. The highest BCUT2D eigenvalue weighted by molar-refractivity contribution is 5.96. The van der Waals surface area contributed by atoms with Crippen LogP contribution in [0.4, 0.5) is 0 Å². The topological polar surface area (TPSA) is 67.6 Å². The van der Waals surface area contributed by atoms with Crippen molar-refractivity contribution in [1.82, 2.24) is 20.2 Å². The molecule has 0 amide bonds. The van der Waals surface area contributed by atoms with E-state index in [9.17, 15) is 0 Å². The molecule has 0 saturated carbocycles. The molecule has 1 aromatic heterocycles. The van der Waals surface area contributed by atoms with Gasteiger partial charge in [0.25, 0.3) is 0 Å². The minimum absolute atomic E-state index is 0.0373. The van der Waals surface area contributed by atoms with Gasteiger partial charge in [0.15, 0.2) is 0 Å². The monoisotopic (exact) mass is 312 g/mol. The molecule has 6 heteroatoms. The molecule has 1 heterocycles. The number of hydrazone groups is 1. The predicted molar refractivity (Wildman–Crippen MR) is 93.2 cm³/mol. The molecule has 0 fully saturated rings. The van der Waals surface area contributed by atoms with E-state index in [4.69, 9.17) is 5.26 Å². The number of aromatic nitrogens is 1. The average molecular weight is 312 g/mol. The normalized spacial score (nSPS) is 13.0. The van der Waals surface area contributed by atoms with Crippen LogP contribution in [0.2, 0.25) is 0 Å². The number of aryl methyl sites for hydroxylation is 1. The van der Waals surface area contributed by atoms with E-state index in [2.05, 4.69) is 28.1 Å². The molecule has 0 aromatic carbocycles. The molecule has 0 spiro atoms. The molecule has 1 unspecified atom stereocenters. The van der Waals surface area contributed by atoms with Gasteiger partial charge in [-0.25, -0.2) is 0 Å². The summed E-state index contributed by atoms with van der Waals surface area (Å²) in [4.78, 5) is 6.37. The summed E-state index contributed by atoms with van der Waals surface area (Å²) in [5.74, 6) is 0. The molecule has 6 nitrogen and oxygen atoms in total. The zero-order valence-corrected chi connectivity index (χ0v) is 14.4. The van der Waals surface area contributed by atoms with Crippen LogP contribution in [-0.2, 0) is 0 Å². The van der Waals surface area contributed by atoms with Crippen molar-refractivity contribution in [3.63, 3.8) is 0 Å². The lowest BCUT2D eigenvalue weighted by atomic mass is 10.2. The number of allylic oxidation sites excluding steroid dienone is 1. The zero-order chi connectivity index (χ0) is 17.4. The van der Waals surface area contributed by atoms with Gasteiger partial charge in [-0.2, -0.15) is 10.4 Å². The molecule has 1 atom stereocenters. The number of nitrogens with one attached hydrogen (secondary N) is 1.